The summed E-state index contributed by atoms with van der Waals surface area (Å²) in [6.07, 6.45) is 1.41. The van der Waals surface area contributed by atoms with E-state index in [2.05, 4.69) is 9.76 Å². The fraction of sp³-hybridized carbons (Fsp3) is 1.00. The Morgan fingerprint density at radius 2 is 1.78 bits per heavy atom. The summed E-state index contributed by atoms with van der Waals surface area (Å²) in [6.45, 7) is 4.00. The van der Waals surface area contributed by atoms with Crippen LogP contribution in [0.2, 0.25) is 0 Å². The fourth-order valence-corrected chi connectivity index (χ4v) is 0.315. The molecule has 0 heterocycles. The molecule has 0 aliphatic rings. The molecule has 0 fully saturated rings. The van der Waals surface area contributed by atoms with Crippen LogP contribution in [0.1, 0.15) is 13.8 Å². The zero-order valence-electron chi connectivity index (χ0n) is 6.12. The van der Waals surface area contributed by atoms with Crippen molar-refractivity contribution < 1.29 is 27.0 Å². The first kappa shape index (κ1) is 16.3. The molecule has 0 aliphatic heterocycles. The molecule has 1 atom stereocenters. The summed E-state index contributed by atoms with van der Waals surface area (Å²) in [5.41, 5.74) is 3.14. The zero-order valence-corrected chi connectivity index (χ0v) is 8.33. The molecule has 9 heavy (non-hydrogen) atoms. The SMILES string of the molecule is CC.C[N-]OS(C)=O.[V]. The van der Waals surface area contributed by atoms with Gasteiger partial charge in [-0.15, -0.1) is 7.05 Å². The predicted octanol–water partition coefficient (Wildman–Crippen LogP) is 1.24. The molecule has 1 unspecified atom stereocenters. The van der Waals surface area contributed by atoms with Crippen molar-refractivity contribution in [1.29, 1.82) is 0 Å². The molecule has 57 valence electrons. The summed E-state index contributed by atoms with van der Waals surface area (Å²) in [5.74, 6) is 0. The van der Waals surface area contributed by atoms with Crippen LogP contribution in [0.3, 0.4) is 0 Å². The van der Waals surface area contributed by atoms with E-state index in [0.29, 0.717) is 0 Å². The second-order valence-electron chi connectivity index (χ2n) is 0.658. The second-order valence-corrected chi connectivity index (χ2v) is 1.61. The maximum Gasteiger partial charge on any atom is 0.135 e. The Morgan fingerprint density at radius 1 is 1.44 bits per heavy atom. The molecule has 0 N–H and O–H groups in total. The van der Waals surface area contributed by atoms with Gasteiger partial charge in [0.15, 0.2) is 0 Å². The Hall–Kier alpha value is 0.654. The summed E-state index contributed by atoms with van der Waals surface area (Å²) in [7, 11) is 1.43. The molecule has 0 spiro atoms. The molecule has 0 amide bonds. The van der Waals surface area contributed by atoms with Gasteiger partial charge in [-0.1, -0.05) is 13.8 Å². The molecular weight excluding hydrogens is 177 g/mol. The maximum absolute atomic E-state index is 9.84. The number of nitrogens with zero attached hydrogens (tertiary/aromatic N) is 1. The topological polar surface area (TPSA) is 40.4 Å². The van der Waals surface area contributed by atoms with Crippen molar-refractivity contribution in [2.45, 2.75) is 13.8 Å². The van der Waals surface area contributed by atoms with Crippen molar-refractivity contribution in [1.82, 2.24) is 0 Å². The van der Waals surface area contributed by atoms with E-state index < -0.39 is 11.1 Å². The summed E-state index contributed by atoms with van der Waals surface area (Å²) in [5, 5.41) is 0. The molecule has 0 saturated carbocycles. The molecule has 3 nitrogen and oxygen atoms in total. The van der Waals surface area contributed by atoms with Crippen LogP contribution in [0.5, 0.6) is 0 Å². The van der Waals surface area contributed by atoms with Crippen LogP contribution in [-0.2, 0) is 33.9 Å². The van der Waals surface area contributed by atoms with Crippen LogP contribution in [0.4, 0.5) is 0 Å². The van der Waals surface area contributed by atoms with Gasteiger partial charge in [0.2, 0.25) is 0 Å². The van der Waals surface area contributed by atoms with Crippen molar-refractivity contribution >= 4 is 11.1 Å². The number of hydrogen-bond donors (Lipinski definition) is 0. The van der Waals surface area contributed by atoms with Crippen molar-refractivity contribution in [2.24, 2.45) is 0 Å². The van der Waals surface area contributed by atoms with E-state index in [1.807, 2.05) is 13.8 Å². The monoisotopic (exact) mass is 189 g/mol. The van der Waals surface area contributed by atoms with Gasteiger partial charge < -0.3 is 9.76 Å². The van der Waals surface area contributed by atoms with E-state index in [0.717, 1.165) is 0 Å². The molecule has 0 saturated heterocycles. The van der Waals surface area contributed by atoms with Crippen molar-refractivity contribution in [3.8, 4) is 0 Å². The number of hydroxylamine groups is 1. The van der Waals surface area contributed by atoms with E-state index in [1.54, 1.807) is 0 Å². The van der Waals surface area contributed by atoms with E-state index >= 15 is 0 Å². The molecular formula is C4H12NO2SV-. The quantitative estimate of drug-likeness (QED) is 0.613. The molecule has 0 aliphatic carbocycles. The van der Waals surface area contributed by atoms with Gasteiger partial charge >= 0.3 is 0 Å². The van der Waals surface area contributed by atoms with Gasteiger partial charge in [-0.05, 0) is 0 Å². The molecule has 1 radical (unpaired) electrons. The normalized spacial score (nSPS) is 10.2. The van der Waals surface area contributed by atoms with Gasteiger partial charge in [-0.2, -0.15) is 0 Å². The van der Waals surface area contributed by atoms with Crippen molar-refractivity contribution in [3.63, 3.8) is 0 Å². The van der Waals surface area contributed by atoms with E-state index in [9.17, 15) is 4.21 Å². The third-order valence-electron chi connectivity index (χ3n) is 0.180. The third-order valence-corrected chi connectivity index (χ3v) is 0.539. The summed E-state index contributed by atoms with van der Waals surface area (Å²) in [6, 6.07) is 0. The van der Waals surface area contributed by atoms with Gasteiger partial charge in [-0.25, -0.2) is 4.21 Å². The molecule has 0 bridgehead atoms. The minimum atomic E-state index is -1.23. The zero-order chi connectivity index (χ0) is 6.99. The maximum atomic E-state index is 9.84. The summed E-state index contributed by atoms with van der Waals surface area (Å²) < 4.78 is 14.0. The molecule has 5 heteroatoms. The largest absolute Gasteiger partial charge is 0.521 e. The first-order chi connectivity index (χ1) is 3.77. The van der Waals surface area contributed by atoms with Gasteiger partial charge in [0.1, 0.15) is 11.1 Å². The average Bonchev–Trinajstić information content (AvgIpc) is 1.72. The first-order valence-corrected chi connectivity index (χ1v) is 3.85. The van der Waals surface area contributed by atoms with Crippen LogP contribution >= 0.6 is 0 Å². The smallest absolute Gasteiger partial charge is 0.135 e. The van der Waals surface area contributed by atoms with E-state index in [4.69, 9.17) is 0 Å². The predicted molar refractivity (Wildman–Crippen MR) is 35.8 cm³/mol. The minimum Gasteiger partial charge on any atom is -0.521 e. The van der Waals surface area contributed by atoms with Crippen molar-refractivity contribution in [2.75, 3.05) is 13.3 Å². The molecule has 0 rings (SSSR count). The van der Waals surface area contributed by atoms with E-state index in [1.165, 1.54) is 13.3 Å². The van der Waals surface area contributed by atoms with Crippen LogP contribution in [-0.4, -0.2) is 17.5 Å². The average molecular weight is 189 g/mol. The second kappa shape index (κ2) is 15.9. The van der Waals surface area contributed by atoms with Crippen LogP contribution in [0.15, 0.2) is 0 Å². The van der Waals surface area contributed by atoms with Gasteiger partial charge in [0.25, 0.3) is 0 Å². The number of rotatable bonds is 2. The Kier molecular flexibility index (Phi) is 28.8. The summed E-state index contributed by atoms with van der Waals surface area (Å²) >= 11 is -1.23. The Bertz CT molecular complexity index is 62.5. The standard InChI is InChI=1S/C2H6NO2S.C2H6.V/c1-3-5-6(2)4;1-2;/h1-2H3;1-2H3;/q-1;;. The molecule has 0 aromatic rings. The van der Waals surface area contributed by atoms with Gasteiger partial charge in [0.05, 0.1) is 0 Å². The molecule has 0 aromatic carbocycles. The summed E-state index contributed by atoms with van der Waals surface area (Å²) in [4.78, 5) is 0. The minimum absolute atomic E-state index is 0. The fourth-order valence-electron chi connectivity index (χ4n) is 0.105. The van der Waals surface area contributed by atoms with Crippen LogP contribution in [0, 0.1) is 0 Å². The van der Waals surface area contributed by atoms with E-state index in [-0.39, 0.29) is 18.6 Å². The van der Waals surface area contributed by atoms with Crippen LogP contribution < -0.4 is 0 Å². The van der Waals surface area contributed by atoms with Crippen molar-refractivity contribution in [3.05, 3.63) is 5.48 Å². The number of hydrogen-bond acceptors (Lipinski definition) is 2. The van der Waals surface area contributed by atoms with Gasteiger partial charge in [-0.3, -0.25) is 0 Å². The Balaban J connectivity index is -0.000000109. The van der Waals surface area contributed by atoms with Gasteiger partial charge in [0, 0.05) is 24.8 Å². The Morgan fingerprint density at radius 3 is 1.78 bits per heavy atom. The molecule has 0 aromatic heterocycles. The third kappa shape index (κ3) is 28.7. The Labute approximate surface area is 71.0 Å². The van der Waals surface area contributed by atoms with Crippen LogP contribution in [0.25, 0.3) is 5.48 Å². The first-order valence-electron chi connectivity index (χ1n) is 2.37.